The molecular formula is C44H48N6O8. The maximum atomic E-state index is 14.2. The van der Waals surface area contributed by atoms with Crippen LogP contribution in [-0.2, 0) is 36.8 Å². The zero-order chi connectivity index (χ0) is 40.6. The molecule has 1 spiro atoms. The molecule has 9 rings (SSSR count). The molecule has 14 nitrogen and oxygen atoms in total. The number of rotatable bonds is 7. The molecule has 6 heterocycles. The van der Waals surface area contributed by atoms with Crippen molar-refractivity contribution in [3.8, 4) is 22.6 Å². The molecule has 1 aliphatic carbocycles. The van der Waals surface area contributed by atoms with Crippen LogP contribution in [0.2, 0.25) is 0 Å². The summed E-state index contributed by atoms with van der Waals surface area (Å²) in [6, 6.07) is 8.33. The van der Waals surface area contributed by atoms with E-state index in [1.54, 1.807) is 25.8 Å². The Morgan fingerprint density at radius 3 is 2.02 bits per heavy atom. The molecule has 2 saturated heterocycles. The van der Waals surface area contributed by atoms with Gasteiger partial charge in [-0.05, 0) is 103 Å². The van der Waals surface area contributed by atoms with Crippen molar-refractivity contribution >= 4 is 40.4 Å². The van der Waals surface area contributed by atoms with Crippen LogP contribution < -0.4 is 20.3 Å². The largest absolute Gasteiger partial charge is 0.496 e. The topological polar surface area (TPSA) is 152 Å². The number of likely N-dealkylation sites (tertiary alicyclic amines) is 1. The van der Waals surface area contributed by atoms with Gasteiger partial charge in [0.2, 0.25) is 11.8 Å². The molecule has 302 valence electrons. The third-order valence-corrected chi connectivity index (χ3v) is 13.6. The van der Waals surface area contributed by atoms with Crippen LogP contribution in [0.5, 0.6) is 11.5 Å². The van der Waals surface area contributed by atoms with Gasteiger partial charge in [0.05, 0.1) is 25.3 Å². The van der Waals surface area contributed by atoms with Crippen molar-refractivity contribution in [1.82, 2.24) is 29.2 Å². The smallest absolute Gasteiger partial charge is 0.274 e. The van der Waals surface area contributed by atoms with Gasteiger partial charge in [-0.3, -0.25) is 43.9 Å². The van der Waals surface area contributed by atoms with Crippen LogP contribution in [0.4, 0.5) is 0 Å². The predicted octanol–water partition coefficient (Wildman–Crippen LogP) is 4.39. The van der Waals surface area contributed by atoms with Crippen LogP contribution >= 0.6 is 0 Å². The second-order valence-electron chi connectivity index (χ2n) is 16.9. The molecule has 0 bridgehead atoms. The molecule has 5 aliphatic rings. The molecule has 1 N–H and O–H groups in total. The molecule has 4 aliphatic heterocycles. The summed E-state index contributed by atoms with van der Waals surface area (Å²) in [6.07, 6.45) is 10.2. The second-order valence-corrected chi connectivity index (χ2v) is 16.9. The summed E-state index contributed by atoms with van der Waals surface area (Å²) in [4.78, 5) is 83.3. The Hall–Kier alpha value is -5.76. The minimum atomic E-state index is -0.967. The lowest BCUT2D eigenvalue weighted by molar-refractivity contribution is -0.136. The molecule has 1 unspecified atom stereocenters. The summed E-state index contributed by atoms with van der Waals surface area (Å²) >= 11 is 0. The van der Waals surface area contributed by atoms with E-state index in [0.29, 0.717) is 65.8 Å². The highest BCUT2D eigenvalue weighted by atomic mass is 16.5. The fourth-order valence-electron chi connectivity index (χ4n) is 10.3. The first-order chi connectivity index (χ1) is 27.9. The van der Waals surface area contributed by atoms with Gasteiger partial charge in [0.25, 0.3) is 23.3 Å². The Labute approximate surface area is 335 Å². The van der Waals surface area contributed by atoms with Gasteiger partial charge in [-0.1, -0.05) is 0 Å². The summed E-state index contributed by atoms with van der Waals surface area (Å²) in [6.45, 7) is 3.67. The average Bonchev–Trinajstić information content (AvgIpc) is 3.88. The van der Waals surface area contributed by atoms with Crippen molar-refractivity contribution < 1.29 is 33.4 Å². The Kier molecular flexibility index (Phi) is 9.29. The first-order valence-electron chi connectivity index (χ1n) is 20.2. The number of aromatic nitrogens is 2. The number of nitrogens with one attached hydrogen (secondary N) is 1. The summed E-state index contributed by atoms with van der Waals surface area (Å²) in [5.74, 6) is -0.643. The van der Waals surface area contributed by atoms with Crippen LogP contribution in [0.25, 0.3) is 22.0 Å². The van der Waals surface area contributed by atoms with E-state index >= 15 is 0 Å². The molecule has 14 heteroatoms. The lowest BCUT2D eigenvalue weighted by Gasteiger charge is -2.46. The summed E-state index contributed by atoms with van der Waals surface area (Å²) in [5, 5.41) is 3.07. The number of carbonyl (C=O) groups is 5. The lowest BCUT2D eigenvalue weighted by atomic mass is 9.65. The van der Waals surface area contributed by atoms with Gasteiger partial charge in [0.1, 0.15) is 28.6 Å². The minimum Gasteiger partial charge on any atom is -0.496 e. The fraction of sp³-hybridized carbons (Fsp3) is 0.455. The fourth-order valence-corrected chi connectivity index (χ4v) is 10.3. The summed E-state index contributed by atoms with van der Waals surface area (Å²) < 4.78 is 15.1. The number of nitrogens with zero attached hydrogens (tertiary/aromatic N) is 5. The highest BCUT2D eigenvalue weighted by Crippen LogP contribution is 2.48. The van der Waals surface area contributed by atoms with Crippen LogP contribution in [0, 0.1) is 11.3 Å². The molecule has 0 radical (unpaired) electrons. The van der Waals surface area contributed by atoms with Crippen molar-refractivity contribution in [2.45, 2.75) is 70.5 Å². The zero-order valence-electron chi connectivity index (χ0n) is 33.4. The number of imide groups is 2. The van der Waals surface area contributed by atoms with Gasteiger partial charge in [0, 0.05) is 76.6 Å². The predicted molar refractivity (Wildman–Crippen MR) is 213 cm³/mol. The van der Waals surface area contributed by atoms with E-state index in [1.807, 2.05) is 59.2 Å². The van der Waals surface area contributed by atoms with E-state index < -0.39 is 23.8 Å². The first-order valence-corrected chi connectivity index (χ1v) is 20.2. The number of hydrogen-bond donors (Lipinski definition) is 1. The number of amides is 5. The molecule has 2 aromatic heterocycles. The SMILES string of the molecule is COc1cc(-c2cn(C)c(=O)c3c2ccn3C)cc(OC)c1C(=O)N1CCC2(CCC(CN3Cc4cc5c(cc4C3)C(=O)N(C3CCC(=O)NC3=O)C5=O)CC2)CC1. The standard InChI is InChI=1S/C44H48N6O8/c1-46-14-9-29-32(24-47(2)43(56)38(29)46)26-19-34(57-3)37(35(20-26)58-4)42(55)49-15-12-44(13-16-49)10-7-25(8-11-44)21-48-22-27-17-30-31(18-28(27)23-48)41(54)50(40(30)53)33-5-6-36(51)45-39(33)52/h9,14,17-20,24-25,33H,5-8,10-13,15-16,21-23H2,1-4H3,(H,45,51,52). The van der Waals surface area contributed by atoms with Crippen LogP contribution in [0.1, 0.15) is 93.6 Å². The monoisotopic (exact) mass is 788 g/mol. The normalized spacial score (nSPS) is 20.9. The van der Waals surface area contributed by atoms with Gasteiger partial charge in [-0.25, -0.2) is 0 Å². The van der Waals surface area contributed by atoms with E-state index in [2.05, 4.69) is 10.2 Å². The van der Waals surface area contributed by atoms with Crippen LogP contribution in [0.15, 0.2) is 47.5 Å². The van der Waals surface area contributed by atoms with Gasteiger partial charge in [0.15, 0.2) is 0 Å². The number of carbonyl (C=O) groups excluding carboxylic acids is 5. The maximum absolute atomic E-state index is 14.2. The van der Waals surface area contributed by atoms with E-state index in [0.717, 1.165) is 77.6 Å². The molecule has 2 aromatic carbocycles. The zero-order valence-corrected chi connectivity index (χ0v) is 33.4. The Balaban J connectivity index is 0.817. The average molecular weight is 789 g/mol. The van der Waals surface area contributed by atoms with Crippen LogP contribution in [0.3, 0.4) is 0 Å². The molecule has 58 heavy (non-hydrogen) atoms. The third kappa shape index (κ3) is 6.19. The number of methoxy groups -OCH3 is 2. The number of hydrogen-bond acceptors (Lipinski definition) is 9. The number of piperidine rings is 2. The third-order valence-electron chi connectivity index (χ3n) is 13.6. The number of ether oxygens (including phenoxy) is 2. The number of fused-ring (bicyclic) bond motifs is 3. The quantitative estimate of drug-likeness (QED) is 0.269. The molecule has 4 aromatic rings. The van der Waals surface area contributed by atoms with Gasteiger partial charge in [-0.2, -0.15) is 0 Å². The Morgan fingerprint density at radius 2 is 1.43 bits per heavy atom. The van der Waals surface area contributed by atoms with E-state index in [1.165, 1.54) is 0 Å². The lowest BCUT2D eigenvalue weighted by Crippen LogP contribution is -2.54. The van der Waals surface area contributed by atoms with Gasteiger partial charge >= 0.3 is 0 Å². The van der Waals surface area contributed by atoms with Gasteiger partial charge in [-0.15, -0.1) is 0 Å². The summed E-state index contributed by atoms with van der Waals surface area (Å²) in [5.41, 5.74) is 5.50. The molecular weight excluding hydrogens is 741 g/mol. The van der Waals surface area contributed by atoms with E-state index in [9.17, 15) is 28.8 Å². The molecule has 5 amide bonds. The highest BCUT2D eigenvalue weighted by Gasteiger charge is 2.46. The Morgan fingerprint density at radius 1 is 0.810 bits per heavy atom. The van der Waals surface area contributed by atoms with Crippen molar-refractivity contribution in [3.05, 3.63) is 80.9 Å². The van der Waals surface area contributed by atoms with Crippen LogP contribution in [-0.4, -0.2) is 93.3 Å². The molecule has 3 fully saturated rings. The molecule has 1 atom stereocenters. The number of benzene rings is 2. The van der Waals surface area contributed by atoms with Crippen molar-refractivity contribution in [2.24, 2.45) is 25.4 Å². The summed E-state index contributed by atoms with van der Waals surface area (Å²) in [7, 11) is 6.71. The van der Waals surface area contributed by atoms with Gasteiger partial charge < -0.3 is 23.5 Å². The maximum Gasteiger partial charge on any atom is 0.274 e. The van der Waals surface area contributed by atoms with Crippen molar-refractivity contribution in [3.63, 3.8) is 0 Å². The van der Waals surface area contributed by atoms with Crippen molar-refractivity contribution in [2.75, 3.05) is 33.9 Å². The second kappa shape index (κ2) is 14.3. The highest BCUT2D eigenvalue weighted by molar-refractivity contribution is 6.23. The minimum absolute atomic E-state index is 0.0862. The van der Waals surface area contributed by atoms with Crippen molar-refractivity contribution in [1.29, 1.82) is 0 Å². The van der Waals surface area contributed by atoms with E-state index in [4.69, 9.17) is 9.47 Å². The number of pyridine rings is 1. The molecule has 1 saturated carbocycles. The number of aryl methyl sites for hydroxylation is 2. The first kappa shape index (κ1) is 37.8. The Bertz CT molecular complexity index is 2410. The van der Waals surface area contributed by atoms with E-state index in [-0.39, 0.29) is 35.6 Å².